The van der Waals surface area contributed by atoms with Crippen molar-refractivity contribution in [3.63, 3.8) is 0 Å². The topological polar surface area (TPSA) is 55.1 Å². The van der Waals surface area contributed by atoms with Crippen LogP contribution in [-0.4, -0.2) is 18.5 Å². The highest BCUT2D eigenvalue weighted by atomic mass is 32.2. The molecule has 5 heteroatoms. The fourth-order valence-electron chi connectivity index (χ4n) is 0.612. The molecule has 0 aliphatic carbocycles. The Morgan fingerprint density at radius 2 is 2.60 bits per heavy atom. The molecule has 10 heavy (non-hydrogen) atoms. The van der Waals surface area contributed by atoms with Crippen molar-refractivity contribution in [1.82, 2.24) is 9.78 Å². The van der Waals surface area contributed by atoms with Crippen LogP contribution in [0.1, 0.15) is 6.92 Å². The van der Waals surface area contributed by atoms with Crippen molar-refractivity contribution in [3.8, 4) is 0 Å². The van der Waals surface area contributed by atoms with Gasteiger partial charge in [0, 0.05) is 12.7 Å². The lowest BCUT2D eigenvalue weighted by atomic mass is 10.7. The summed E-state index contributed by atoms with van der Waals surface area (Å²) in [6.07, 6.45) is 1.67. The molecule has 0 bridgehead atoms. The van der Waals surface area contributed by atoms with Crippen molar-refractivity contribution in [2.24, 2.45) is 0 Å². The lowest BCUT2D eigenvalue weighted by Gasteiger charge is -1.90. The predicted molar refractivity (Wildman–Crippen MR) is 36.9 cm³/mol. The Bertz CT molecular complexity index is 246. The van der Waals surface area contributed by atoms with Gasteiger partial charge in [0.25, 0.3) is 0 Å². The van der Waals surface area contributed by atoms with Gasteiger partial charge in [0.05, 0.1) is 0 Å². The minimum absolute atomic E-state index is 0.210. The van der Waals surface area contributed by atoms with E-state index in [4.69, 9.17) is 4.55 Å². The molecule has 0 saturated carbocycles. The van der Waals surface area contributed by atoms with E-state index in [1.54, 1.807) is 10.9 Å². The second-order valence-corrected chi connectivity index (χ2v) is 2.68. The Labute approximate surface area is 61.1 Å². The van der Waals surface area contributed by atoms with Crippen LogP contribution in [-0.2, 0) is 17.6 Å². The molecule has 1 heterocycles. The zero-order chi connectivity index (χ0) is 7.56. The largest absolute Gasteiger partial charge is 0.301 e. The molecule has 0 radical (unpaired) electrons. The van der Waals surface area contributed by atoms with Crippen LogP contribution in [0.3, 0.4) is 0 Å². The summed E-state index contributed by atoms with van der Waals surface area (Å²) in [6.45, 7) is 2.63. The van der Waals surface area contributed by atoms with Crippen LogP contribution in [0.5, 0.6) is 0 Å². The van der Waals surface area contributed by atoms with Gasteiger partial charge in [0.15, 0.2) is 5.03 Å². The van der Waals surface area contributed by atoms with Crippen molar-refractivity contribution in [1.29, 1.82) is 0 Å². The molecular formula is C5H8N2O2S. The summed E-state index contributed by atoms with van der Waals surface area (Å²) in [4.78, 5) is 0. The van der Waals surface area contributed by atoms with E-state index in [1.165, 1.54) is 6.07 Å². The SMILES string of the molecule is CCn1ccc(S(=O)O)n1. The summed E-state index contributed by atoms with van der Waals surface area (Å²) in [5.41, 5.74) is 0. The van der Waals surface area contributed by atoms with Gasteiger partial charge in [-0.3, -0.25) is 4.68 Å². The van der Waals surface area contributed by atoms with E-state index in [9.17, 15) is 4.21 Å². The lowest BCUT2D eigenvalue weighted by molar-refractivity contribution is 0.553. The molecule has 1 atom stereocenters. The summed E-state index contributed by atoms with van der Waals surface area (Å²) >= 11 is -1.94. The number of rotatable bonds is 2. The molecule has 0 fully saturated rings. The van der Waals surface area contributed by atoms with Gasteiger partial charge in [-0.1, -0.05) is 0 Å². The summed E-state index contributed by atoms with van der Waals surface area (Å²) in [7, 11) is 0. The van der Waals surface area contributed by atoms with Crippen LogP contribution >= 0.6 is 0 Å². The number of nitrogens with zero attached hydrogens (tertiary/aromatic N) is 2. The molecule has 0 aromatic carbocycles. The van der Waals surface area contributed by atoms with Crippen LogP contribution in [0, 0.1) is 0 Å². The van der Waals surface area contributed by atoms with Crippen LogP contribution in [0.25, 0.3) is 0 Å². The van der Waals surface area contributed by atoms with Crippen LogP contribution in [0.4, 0.5) is 0 Å². The maximum atomic E-state index is 10.4. The normalized spacial score (nSPS) is 13.4. The number of aromatic nitrogens is 2. The molecule has 0 aliphatic rings. The Kier molecular flexibility index (Phi) is 2.18. The minimum atomic E-state index is -1.94. The average Bonchev–Trinajstić information content (AvgIpc) is 2.34. The van der Waals surface area contributed by atoms with Crippen molar-refractivity contribution in [2.45, 2.75) is 18.5 Å². The molecular weight excluding hydrogens is 152 g/mol. The third-order valence-electron chi connectivity index (χ3n) is 1.12. The molecule has 1 N–H and O–H groups in total. The van der Waals surface area contributed by atoms with Gasteiger partial charge in [-0.15, -0.1) is 0 Å². The number of hydrogen-bond acceptors (Lipinski definition) is 2. The standard InChI is InChI=1S/C5H8N2O2S/c1-2-7-4-3-5(6-7)10(8)9/h3-4H,2H2,1H3,(H,8,9). The lowest BCUT2D eigenvalue weighted by Crippen LogP contribution is -1.96. The third-order valence-corrected chi connectivity index (χ3v) is 1.69. The van der Waals surface area contributed by atoms with Crippen molar-refractivity contribution >= 4 is 11.1 Å². The third kappa shape index (κ3) is 1.43. The molecule has 1 unspecified atom stereocenters. The first-order chi connectivity index (χ1) is 4.74. The Morgan fingerprint density at radius 1 is 1.90 bits per heavy atom. The zero-order valence-electron chi connectivity index (χ0n) is 5.52. The molecule has 0 spiro atoms. The molecule has 4 nitrogen and oxygen atoms in total. The smallest absolute Gasteiger partial charge is 0.207 e. The van der Waals surface area contributed by atoms with Crippen molar-refractivity contribution < 1.29 is 8.76 Å². The Hall–Kier alpha value is -0.680. The molecule has 0 aliphatic heterocycles. The summed E-state index contributed by atoms with van der Waals surface area (Å²) < 4.78 is 20.5. The monoisotopic (exact) mass is 160 g/mol. The number of aryl methyl sites for hydroxylation is 1. The van der Waals surface area contributed by atoms with Gasteiger partial charge in [0.1, 0.15) is 0 Å². The highest BCUT2D eigenvalue weighted by Gasteiger charge is 2.01. The van der Waals surface area contributed by atoms with Crippen LogP contribution < -0.4 is 0 Å². The Balaban J connectivity index is 2.88. The van der Waals surface area contributed by atoms with Gasteiger partial charge in [-0.25, -0.2) is 4.21 Å². The maximum Gasteiger partial charge on any atom is 0.207 e. The molecule has 1 aromatic rings. The first kappa shape index (κ1) is 7.43. The van der Waals surface area contributed by atoms with Gasteiger partial charge in [-0.05, 0) is 13.0 Å². The van der Waals surface area contributed by atoms with E-state index in [2.05, 4.69) is 5.10 Å². The summed E-state index contributed by atoms with van der Waals surface area (Å²) in [5.74, 6) is 0. The van der Waals surface area contributed by atoms with Gasteiger partial charge < -0.3 is 4.55 Å². The van der Waals surface area contributed by atoms with E-state index < -0.39 is 11.1 Å². The van der Waals surface area contributed by atoms with E-state index in [-0.39, 0.29) is 5.03 Å². The first-order valence-corrected chi connectivity index (χ1v) is 3.99. The first-order valence-electron chi connectivity index (χ1n) is 2.88. The average molecular weight is 160 g/mol. The quantitative estimate of drug-likeness (QED) is 0.640. The van der Waals surface area contributed by atoms with E-state index in [0.29, 0.717) is 0 Å². The highest BCUT2D eigenvalue weighted by molar-refractivity contribution is 7.79. The zero-order valence-corrected chi connectivity index (χ0v) is 6.34. The van der Waals surface area contributed by atoms with Crippen molar-refractivity contribution in [3.05, 3.63) is 12.3 Å². The van der Waals surface area contributed by atoms with Crippen LogP contribution in [0.2, 0.25) is 0 Å². The maximum absolute atomic E-state index is 10.4. The molecule has 1 aromatic heterocycles. The van der Waals surface area contributed by atoms with Crippen molar-refractivity contribution in [2.75, 3.05) is 0 Å². The van der Waals surface area contributed by atoms with Gasteiger partial charge in [0.2, 0.25) is 11.1 Å². The highest BCUT2D eigenvalue weighted by Crippen LogP contribution is 1.98. The van der Waals surface area contributed by atoms with E-state index in [1.807, 2.05) is 6.92 Å². The van der Waals surface area contributed by atoms with E-state index in [0.717, 1.165) is 6.54 Å². The predicted octanol–water partition coefficient (Wildman–Crippen LogP) is 0.484. The molecule has 56 valence electrons. The molecule has 0 saturated heterocycles. The summed E-state index contributed by atoms with van der Waals surface area (Å²) in [6, 6.07) is 1.53. The summed E-state index contributed by atoms with van der Waals surface area (Å²) in [5, 5.41) is 4.00. The van der Waals surface area contributed by atoms with Gasteiger partial charge >= 0.3 is 0 Å². The van der Waals surface area contributed by atoms with Crippen LogP contribution in [0.15, 0.2) is 17.3 Å². The molecule has 1 rings (SSSR count). The fourth-order valence-corrected chi connectivity index (χ4v) is 0.964. The van der Waals surface area contributed by atoms with E-state index >= 15 is 0 Å². The Morgan fingerprint density at radius 3 is 2.90 bits per heavy atom. The second-order valence-electron chi connectivity index (χ2n) is 1.76. The fraction of sp³-hybridized carbons (Fsp3) is 0.400. The minimum Gasteiger partial charge on any atom is -0.301 e. The number of hydrogen-bond donors (Lipinski definition) is 1. The van der Waals surface area contributed by atoms with Gasteiger partial charge in [-0.2, -0.15) is 5.10 Å². The molecule has 0 amide bonds. The second kappa shape index (κ2) is 2.94.